The first-order valence-electron chi connectivity index (χ1n) is 5.10. The quantitative estimate of drug-likeness (QED) is 0.889. The van der Waals surface area contributed by atoms with E-state index >= 15 is 0 Å². The van der Waals surface area contributed by atoms with Gasteiger partial charge in [-0.2, -0.15) is 0 Å². The second kappa shape index (κ2) is 5.33. The third-order valence-corrected chi connectivity index (χ3v) is 3.14. The summed E-state index contributed by atoms with van der Waals surface area (Å²) in [5, 5.41) is 1.51. The summed E-state index contributed by atoms with van der Waals surface area (Å²) in [7, 11) is 0. The molecule has 0 aliphatic heterocycles. The van der Waals surface area contributed by atoms with Crippen molar-refractivity contribution >= 4 is 40.6 Å². The van der Waals surface area contributed by atoms with E-state index in [2.05, 4.69) is 4.98 Å². The molecule has 2 aromatic rings. The lowest BCUT2D eigenvalue weighted by atomic mass is 10.0. The minimum absolute atomic E-state index is 0.336. The van der Waals surface area contributed by atoms with Gasteiger partial charge in [-0.15, -0.1) is 0 Å². The highest BCUT2D eigenvalue weighted by atomic mass is 35.5. The molecule has 0 saturated heterocycles. The first-order chi connectivity index (χ1) is 8.47. The predicted octanol–water partition coefficient (Wildman–Crippen LogP) is 3.67. The SMILES string of the molecule is Nc1ncc(Cl)cc1C(N)c1cc(Cl)cc(Cl)c1. The van der Waals surface area contributed by atoms with Crippen molar-refractivity contribution in [3.05, 3.63) is 56.7 Å². The Bertz CT molecular complexity index is 567. The van der Waals surface area contributed by atoms with Crippen LogP contribution in [0.2, 0.25) is 15.1 Å². The van der Waals surface area contributed by atoms with E-state index in [-0.39, 0.29) is 0 Å². The van der Waals surface area contributed by atoms with Gasteiger partial charge in [-0.05, 0) is 29.8 Å². The zero-order chi connectivity index (χ0) is 13.3. The molecule has 4 N–H and O–H groups in total. The standard InChI is InChI=1S/C12H10Cl3N3/c13-7-1-6(2-8(14)3-7)11(16)10-4-9(15)5-18-12(10)17/h1-5,11H,16H2,(H2,17,18). The molecule has 0 amide bonds. The molecular formula is C12H10Cl3N3. The zero-order valence-corrected chi connectivity index (χ0v) is 11.5. The van der Waals surface area contributed by atoms with Crippen molar-refractivity contribution in [3.63, 3.8) is 0 Å². The average Bonchev–Trinajstić information content (AvgIpc) is 2.30. The van der Waals surface area contributed by atoms with E-state index in [0.717, 1.165) is 5.56 Å². The van der Waals surface area contributed by atoms with Gasteiger partial charge in [0.1, 0.15) is 5.82 Å². The smallest absolute Gasteiger partial charge is 0.128 e. The summed E-state index contributed by atoms with van der Waals surface area (Å²) < 4.78 is 0. The summed E-state index contributed by atoms with van der Waals surface area (Å²) in [5.74, 6) is 0.336. The van der Waals surface area contributed by atoms with E-state index in [0.29, 0.717) is 26.4 Å². The van der Waals surface area contributed by atoms with Crippen molar-refractivity contribution in [2.45, 2.75) is 6.04 Å². The molecule has 1 unspecified atom stereocenters. The van der Waals surface area contributed by atoms with Crippen molar-refractivity contribution in [1.82, 2.24) is 4.98 Å². The molecule has 1 aromatic heterocycles. The first-order valence-corrected chi connectivity index (χ1v) is 6.23. The van der Waals surface area contributed by atoms with Gasteiger partial charge in [0, 0.05) is 21.8 Å². The highest BCUT2D eigenvalue weighted by Crippen LogP contribution is 2.29. The first kappa shape index (κ1) is 13.4. The molecule has 94 valence electrons. The van der Waals surface area contributed by atoms with Gasteiger partial charge in [-0.25, -0.2) is 4.98 Å². The van der Waals surface area contributed by atoms with Gasteiger partial charge in [0.05, 0.1) is 11.1 Å². The second-order valence-corrected chi connectivity index (χ2v) is 5.12. The molecule has 3 nitrogen and oxygen atoms in total. The van der Waals surface area contributed by atoms with Gasteiger partial charge in [-0.3, -0.25) is 0 Å². The van der Waals surface area contributed by atoms with E-state index in [1.165, 1.54) is 6.20 Å². The van der Waals surface area contributed by atoms with Crippen LogP contribution < -0.4 is 11.5 Å². The van der Waals surface area contributed by atoms with Crippen molar-refractivity contribution < 1.29 is 0 Å². The number of nitrogen functional groups attached to an aromatic ring is 1. The average molecular weight is 303 g/mol. The molecule has 0 spiro atoms. The van der Waals surface area contributed by atoms with Crippen LogP contribution in [-0.2, 0) is 0 Å². The summed E-state index contributed by atoms with van der Waals surface area (Å²) in [6.45, 7) is 0. The number of anilines is 1. The second-order valence-electron chi connectivity index (χ2n) is 3.81. The molecule has 0 saturated carbocycles. The Kier molecular flexibility index (Phi) is 3.97. The van der Waals surface area contributed by atoms with Crippen molar-refractivity contribution in [2.24, 2.45) is 5.73 Å². The fourth-order valence-corrected chi connectivity index (χ4v) is 2.36. The van der Waals surface area contributed by atoms with E-state index < -0.39 is 6.04 Å². The summed E-state index contributed by atoms with van der Waals surface area (Å²) >= 11 is 17.8. The van der Waals surface area contributed by atoms with Crippen LogP contribution in [0.4, 0.5) is 5.82 Å². The van der Waals surface area contributed by atoms with Crippen molar-refractivity contribution in [1.29, 1.82) is 0 Å². The topological polar surface area (TPSA) is 64.9 Å². The van der Waals surface area contributed by atoms with Crippen LogP contribution in [0.1, 0.15) is 17.2 Å². The van der Waals surface area contributed by atoms with Crippen molar-refractivity contribution in [2.75, 3.05) is 5.73 Å². The van der Waals surface area contributed by atoms with E-state index in [1.807, 2.05) is 0 Å². The maximum atomic E-state index is 6.13. The van der Waals surface area contributed by atoms with Gasteiger partial charge in [0.15, 0.2) is 0 Å². The van der Waals surface area contributed by atoms with Crippen LogP contribution in [0.3, 0.4) is 0 Å². The molecule has 0 aliphatic carbocycles. The highest BCUT2D eigenvalue weighted by Gasteiger charge is 2.14. The summed E-state index contributed by atoms with van der Waals surface area (Å²) in [4.78, 5) is 3.97. The fraction of sp³-hybridized carbons (Fsp3) is 0.0833. The minimum Gasteiger partial charge on any atom is -0.383 e. The zero-order valence-electron chi connectivity index (χ0n) is 9.20. The summed E-state index contributed by atoms with van der Waals surface area (Å²) in [5.41, 5.74) is 13.3. The van der Waals surface area contributed by atoms with Gasteiger partial charge < -0.3 is 11.5 Å². The Balaban J connectivity index is 2.47. The monoisotopic (exact) mass is 301 g/mol. The van der Waals surface area contributed by atoms with E-state index in [4.69, 9.17) is 46.3 Å². The lowest BCUT2D eigenvalue weighted by Gasteiger charge is -2.15. The van der Waals surface area contributed by atoms with Crippen LogP contribution in [0, 0.1) is 0 Å². The Morgan fingerprint density at radius 3 is 2.17 bits per heavy atom. The van der Waals surface area contributed by atoms with Crippen LogP contribution >= 0.6 is 34.8 Å². The van der Waals surface area contributed by atoms with E-state index in [1.54, 1.807) is 24.3 Å². The number of pyridine rings is 1. The lowest BCUT2D eigenvalue weighted by molar-refractivity contribution is 0.868. The lowest BCUT2D eigenvalue weighted by Crippen LogP contribution is -2.14. The van der Waals surface area contributed by atoms with Gasteiger partial charge in [-0.1, -0.05) is 34.8 Å². The number of benzene rings is 1. The number of rotatable bonds is 2. The van der Waals surface area contributed by atoms with Crippen molar-refractivity contribution in [3.8, 4) is 0 Å². The third kappa shape index (κ3) is 2.87. The van der Waals surface area contributed by atoms with Crippen LogP contribution in [0.5, 0.6) is 0 Å². The number of nitrogens with zero attached hydrogens (tertiary/aromatic N) is 1. The maximum absolute atomic E-state index is 6.13. The number of halogens is 3. The Morgan fingerprint density at radius 1 is 0.944 bits per heavy atom. The normalized spacial score (nSPS) is 12.4. The van der Waals surface area contributed by atoms with Gasteiger partial charge >= 0.3 is 0 Å². The molecule has 6 heteroatoms. The number of nitrogens with two attached hydrogens (primary N) is 2. The largest absolute Gasteiger partial charge is 0.383 e. The third-order valence-electron chi connectivity index (χ3n) is 2.50. The van der Waals surface area contributed by atoms with Gasteiger partial charge in [0.25, 0.3) is 0 Å². The molecule has 0 aliphatic rings. The van der Waals surface area contributed by atoms with Crippen LogP contribution in [-0.4, -0.2) is 4.98 Å². The molecule has 0 radical (unpaired) electrons. The van der Waals surface area contributed by atoms with Crippen LogP contribution in [0.25, 0.3) is 0 Å². The minimum atomic E-state index is -0.479. The molecule has 18 heavy (non-hydrogen) atoms. The number of aromatic nitrogens is 1. The predicted molar refractivity (Wildman–Crippen MR) is 76.2 cm³/mol. The number of hydrogen-bond donors (Lipinski definition) is 2. The maximum Gasteiger partial charge on any atom is 0.128 e. The Morgan fingerprint density at radius 2 is 1.56 bits per heavy atom. The van der Waals surface area contributed by atoms with Gasteiger partial charge in [0.2, 0.25) is 0 Å². The Hall–Kier alpha value is -1.000. The molecule has 0 fully saturated rings. The van der Waals surface area contributed by atoms with E-state index in [9.17, 15) is 0 Å². The number of hydrogen-bond acceptors (Lipinski definition) is 3. The fourth-order valence-electron chi connectivity index (χ4n) is 1.65. The highest BCUT2D eigenvalue weighted by molar-refractivity contribution is 6.34. The molecule has 1 heterocycles. The molecule has 1 aromatic carbocycles. The molecule has 1 atom stereocenters. The Labute approximate surface area is 120 Å². The molecule has 0 bridgehead atoms. The molecule has 2 rings (SSSR count). The summed E-state index contributed by atoms with van der Waals surface area (Å²) in [6, 6.07) is 6.31. The molecular weight excluding hydrogens is 293 g/mol. The summed E-state index contributed by atoms with van der Waals surface area (Å²) in [6.07, 6.45) is 1.47. The van der Waals surface area contributed by atoms with Crippen LogP contribution in [0.15, 0.2) is 30.5 Å².